The maximum atomic E-state index is 14.1. The van der Waals surface area contributed by atoms with E-state index in [-0.39, 0.29) is 24.1 Å². The van der Waals surface area contributed by atoms with Gasteiger partial charge in [0, 0.05) is 39.6 Å². The predicted octanol–water partition coefficient (Wildman–Crippen LogP) is 5.38. The van der Waals surface area contributed by atoms with Crippen LogP contribution in [0.25, 0.3) is 0 Å². The Morgan fingerprint density at radius 3 is 2.35 bits per heavy atom. The number of anilines is 1. The summed E-state index contributed by atoms with van der Waals surface area (Å²) < 4.78 is 13.4. The number of likely N-dealkylation sites (tertiary alicyclic amines) is 1. The molecule has 10 heteroatoms. The lowest BCUT2D eigenvalue weighted by Crippen LogP contribution is -2.57. The number of ketones is 1. The SMILES string of the molecule is CC(=O)c1sc(NC(=O)NC[C@H](C(=O)N2CCC[C@@H](Cc3ccc(F)cc3)C2)N(CC(C)C)CC(C)C)nc1C. The van der Waals surface area contributed by atoms with Crippen molar-refractivity contribution in [1.29, 1.82) is 0 Å². The molecule has 0 radical (unpaired) electrons. The maximum absolute atomic E-state index is 14.1. The molecule has 1 saturated heterocycles. The molecule has 8 nitrogen and oxygen atoms in total. The zero-order chi connectivity index (χ0) is 29.4. The van der Waals surface area contributed by atoms with Gasteiger partial charge in [0.25, 0.3) is 0 Å². The van der Waals surface area contributed by atoms with Crippen LogP contribution in [-0.2, 0) is 11.2 Å². The summed E-state index contributed by atoms with van der Waals surface area (Å²) >= 11 is 1.14. The first-order valence-electron chi connectivity index (χ1n) is 14.2. The van der Waals surface area contributed by atoms with Gasteiger partial charge < -0.3 is 10.2 Å². The highest BCUT2D eigenvalue weighted by Crippen LogP contribution is 2.24. The van der Waals surface area contributed by atoms with Crippen molar-refractivity contribution in [3.63, 3.8) is 0 Å². The molecule has 0 aliphatic carbocycles. The number of carbonyl (C=O) groups is 3. The summed E-state index contributed by atoms with van der Waals surface area (Å²) in [5.74, 6) is 0.675. The van der Waals surface area contributed by atoms with Gasteiger partial charge in [0.05, 0.1) is 10.6 Å². The van der Waals surface area contributed by atoms with E-state index in [2.05, 4.69) is 48.2 Å². The third-order valence-electron chi connectivity index (χ3n) is 6.99. The van der Waals surface area contributed by atoms with Crippen LogP contribution in [0.3, 0.4) is 0 Å². The molecule has 2 N–H and O–H groups in total. The van der Waals surface area contributed by atoms with Gasteiger partial charge in [0.2, 0.25) is 5.91 Å². The van der Waals surface area contributed by atoms with Crippen LogP contribution in [0.2, 0.25) is 0 Å². The molecule has 0 saturated carbocycles. The van der Waals surface area contributed by atoms with E-state index in [0.717, 1.165) is 49.3 Å². The van der Waals surface area contributed by atoms with Crippen LogP contribution >= 0.6 is 11.3 Å². The van der Waals surface area contributed by atoms with E-state index in [1.54, 1.807) is 6.92 Å². The van der Waals surface area contributed by atoms with Crippen molar-refractivity contribution in [2.24, 2.45) is 17.8 Å². The lowest BCUT2D eigenvalue weighted by atomic mass is 9.91. The number of urea groups is 1. The number of carbonyl (C=O) groups excluding carboxylic acids is 3. The Balaban J connectivity index is 1.73. The van der Waals surface area contributed by atoms with Gasteiger partial charge >= 0.3 is 6.03 Å². The van der Waals surface area contributed by atoms with Crippen LogP contribution in [0.1, 0.15) is 68.4 Å². The van der Waals surface area contributed by atoms with E-state index in [4.69, 9.17) is 0 Å². The fourth-order valence-electron chi connectivity index (χ4n) is 5.34. The summed E-state index contributed by atoms with van der Waals surface area (Å²) in [5.41, 5.74) is 1.66. The van der Waals surface area contributed by atoms with Gasteiger partial charge in [-0.1, -0.05) is 51.2 Å². The summed E-state index contributed by atoms with van der Waals surface area (Å²) in [6.07, 6.45) is 2.73. The predicted molar refractivity (Wildman–Crippen MR) is 158 cm³/mol. The van der Waals surface area contributed by atoms with E-state index in [1.165, 1.54) is 19.1 Å². The largest absolute Gasteiger partial charge is 0.341 e. The standard InChI is InChI=1S/C30H44FN5O3S/c1-19(2)16-36(17-20(3)4)26(15-32-29(39)34-30-33-21(5)27(40-30)22(6)37)28(38)35-13-7-8-24(18-35)14-23-9-11-25(31)12-10-23/h9-12,19-20,24,26H,7-8,13-18H2,1-6H3,(H2,32,33,34,39)/t24-,26+/m0/s1. The van der Waals surface area contributed by atoms with Gasteiger partial charge in [0.15, 0.2) is 10.9 Å². The van der Waals surface area contributed by atoms with Crippen LogP contribution in [0.5, 0.6) is 0 Å². The number of hydrogen-bond donors (Lipinski definition) is 2. The summed E-state index contributed by atoms with van der Waals surface area (Å²) in [6, 6.07) is 5.64. The molecule has 2 aromatic rings. The fraction of sp³-hybridized carbons (Fsp3) is 0.600. The molecule has 3 rings (SSSR count). The highest BCUT2D eigenvalue weighted by molar-refractivity contribution is 7.17. The molecule has 3 amide bonds. The number of nitrogens with zero attached hydrogens (tertiary/aromatic N) is 3. The van der Waals surface area contributed by atoms with Crippen molar-refractivity contribution in [2.45, 2.75) is 66.8 Å². The molecule has 1 aromatic heterocycles. The second kappa shape index (κ2) is 14.7. The van der Waals surface area contributed by atoms with Crippen molar-refractivity contribution >= 4 is 34.2 Å². The molecule has 1 fully saturated rings. The Kier molecular flexibility index (Phi) is 11.6. The number of Topliss-reactive ketones (excluding diaryl/α,β-unsaturated/α-hetero) is 1. The molecule has 0 unspecified atom stereocenters. The van der Waals surface area contributed by atoms with E-state index in [9.17, 15) is 18.8 Å². The van der Waals surface area contributed by atoms with Gasteiger partial charge in [-0.25, -0.2) is 14.2 Å². The number of nitrogens with one attached hydrogen (secondary N) is 2. The van der Waals surface area contributed by atoms with Crippen LogP contribution in [-0.4, -0.2) is 71.3 Å². The number of halogens is 1. The quantitative estimate of drug-likeness (QED) is 0.333. The molecule has 0 spiro atoms. The molecule has 1 aliphatic heterocycles. The molecule has 220 valence electrons. The average molecular weight is 574 g/mol. The number of rotatable bonds is 12. The van der Waals surface area contributed by atoms with Crippen LogP contribution in [0, 0.1) is 30.5 Å². The number of aryl methyl sites for hydroxylation is 1. The number of aromatic nitrogens is 1. The van der Waals surface area contributed by atoms with E-state index in [0.29, 0.717) is 46.5 Å². The Hall–Kier alpha value is -2.85. The molecular formula is C30H44FN5O3S. The Morgan fingerprint density at radius 1 is 1.12 bits per heavy atom. The first-order valence-corrected chi connectivity index (χ1v) is 15.0. The third-order valence-corrected chi connectivity index (χ3v) is 8.16. The average Bonchev–Trinajstić information content (AvgIpc) is 3.24. The smallest absolute Gasteiger partial charge is 0.321 e. The topological polar surface area (TPSA) is 94.6 Å². The van der Waals surface area contributed by atoms with Gasteiger partial charge in [-0.15, -0.1) is 0 Å². The van der Waals surface area contributed by atoms with Crippen molar-refractivity contribution < 1.29 is 18.8 Å². The van der Waals surface area contributed by atoms with Crippen molar-refractivity contribution in [2.75, 3.05) is 38.0 Å². The van der Waals surface area contributed by atoms with Crippen LogP contribution < -0.4 is 10.6 Å². The van der Waals surface area contributed by atoms with E-state index >= 15 is 0 Å². The highest BCUT2D eigenvalue weighted by Gasteiger charge is 2.33. The van der Waals surface area contributed by atoms with Gasteiger partial charge in [-0.05, 0) is 61.6 Å². The molecule has 2 atom stereocenters. The zero-order valence-electron chi connectivity index (χ0n) is 24.6. The van der Waals surface area contributed by atoms with E-state index in [1.807, 2.05) is 17.0 Å². The summed E-state index contributed by atoms with van der Waals surface area (Å²) in [7, 11) is 0. The molecule has 40 heavy (non-hydrogen) atoms. The summed E-state index contributed by atoms with van der Waals surface area (Å²) in [4.78, 5) is 47.6. The first-order chi connectivity index (χ1) is 18.9. The minimum absolute atomic E-state index is 0.0226. The minimum atomic E-state index is -0.508. The summed E-state index contributed by atoms with van der Waals surface area (Å²) in [6.45, 7) is 14.7. The molecule has 1 aromatic carbocycles. The van der Waals surface area contributed by atoms with Crippen molar-refractivity contribution in [1.82, 2.24) is 20.1 Å². The van der Waals surface area contributed by atoms with Gasteiger partial charge in [-0.3, -0.25) is 19.8 Å². The molecule has 0 bridgehead atoms. The van der Waals surface area contributed by atoms with Crippen LogP contribution in [0.15, 0.2) is 24.3 Å². The second-order valence-corrected chi connectivity index (χ2v) is 12.7. The Labute approximate surface area is 241 Å². The first kappa shape index (κ1) is 31.7. The van der Waals surface area contributed by atoms with Crippen LogP contribution in [0.4, 0.5) is 14.3 Å². The lowest BCUT2D eigenvalue weighted by molar-refractivity contribution is -0.139. The third kappa shape index (κ3) is 9.37. The Bertz CT molecular complexity index is 1140. The number of benzene rings is 1. The van der Waals surface area contributed by atoms with Gasteiger partial charge in [-0.2, -0.15) is 0 Å². The number of piperidine rings is 1. The lowest BCUT2D eigenvalue weighted by Gasteiger charge is -2.39. The number of thiazole rings is 1. The number of hydrogen-bond acceptors (Lipinski definition) is 6. The molecule has 1 aliphatic rings. The normalized spacial score (nSPS) is 16.4. The molecule has 2 heterocycles. The minimum Gasteiger partial charge on any atom is -0.341 e. The number of amides is 3. The monoisotopic (exact) mass is 573 g/mol. The zero-order valence-corrected chi connectivity index (χ0v) is 25.4. The highest BCUT2D eigenvalue weighted by atomic mass is 32.1. The Morgan fingerprint density at radius 2 is 1.77 bits per heavy atom. The van der Waals surface area contributed by atoms with Crippen molar-refractivity contribution in [3.8, 4) is 0 Å². The maximum Gasteiger partial charge on any atom is 0.321 e. The van der Waals surface area contributed by atoms with Gasteiger partial charge in [0.1, 0.15) is 11.9 Å². The summed E-state index contributed by atoms with van der Waals surface area (Å²) in [5, 5.41) is 5.98. The second-order valence-electron chi connectivity index (χ2n) is 11.7. The fourth-order valence-corrected chi connectivity index (χ4v) is 6.20. The molecular weight excluding hydrogens is 529 g/mol. The van der Waals surface area contributed by atoms with E-state index < -0.39 is 12.1 Å². The van der Waals surface area contributed by atoms with Crippen molar-refractivity contribution in [3.05, 3.63) is 46.2 Å².